The Labute approximate surface area is 92.3 Å². The van der Waals surface area contributed by atoms with E-state index >= 15 is 0 Å². The van der Waals surface area contributed by atoms with Gasteiger partial charge in [-0.25, -0.2) is 0 Å². The molecule has 1 aromatic rings. The second-order valence-corrected chi connectivity index (χ2v) is 4.64. The van der Waals surface area contributed by atoms with Crippen LogP contribution in [0, 0.1) is 0 Å². The average molecular weight is 233 g/mol. The summed E-state index contributed by atoms with van der Waals surface area (Å²) in [6, 6.07) is 3.79. The maximum absolute atomic E-state index is 11.2. The molecule has 0 aliphatic rings. The topological polar surface area (TPSA) is 55.1 Å². The van der Waals surface area contributed by atoms with E-state index in [-0.39, 0.29) is 5.91 Å². The molecule has 0 saturated heterocycles. The first kappa shape index (κ1) is 11.5. The van der Waals surface area contributed by atoms with Crippen LogP contribution in [0.1, 0.15) is 11.3 Å². The van der Waals surface area contributed by atoms with Gasteiger partial charge in [0.15, 0.2) is 0 Å². The second kappa shape index (κ2) is 6.01. The van der Waals surface area contributed by atoms with Crippen molar-refractivity contribution in [3.63, 3.8) is 0 Å². The van der Waals surface area contributed by atoms with Crippen molar-refractivity contribution in [3.8, 4) is 0 Å². The van der Waals surface area contributed by atoms with Crippen LogP contribution in [0.25, 0.3) is 0 Å². The Hall–Kier alpha value is -0.580. The maximum Gasteiger partial charge on any atom is 0.220 e. The van der Waals surface area contributed by atoms with Gasteiger partial charge in [-0.3, -0.25) is 4.79 Å². The van der Waals surface area contributed by atoms with Crippen LogP contribution in [0.15, 0.2) is 12.1 Å². The summed E-state index contributed by atoms with van der Waals surface area (Å²) in [7, 11) is 0. The van der Waals surface area contributed by atoms with Crippen LogP contribution >= 0.6 is 22.9 Å². The SMILES string of the molecule is NCCNC(=O)CCc1ccc(Cl)s1. The van der Waals surface area contributed by atoms with E-state index in [0.29, 0.717) is 19.5 Å². The molecule has 0 unspecified atom stereocenters. The van der Waals surface area contributed by atoms with Gasteiger partial charge in [-0.15, -0.1) is 11.3 Å². The Morgan fingerprint density at radius 1 is 1.57 bits per heavy atom. The molecule has 0 spiro atoms. The minimum absolute atomic E-state index is 0.0416. The third kappa shape index (κ3) is 4.09. The van der Waals surface area contributed by atoms with E-state index in [2.05, 4.69) is 5.32 Å². The van der Waals surface area contributed by atoms with E-state index < -0.39 is 0 Å². The number of thiophene rings is 1. The molecular weight excluding hydrogens is 220 g/mol. The van der Waals surface area contributed by atoms with Crippen molar-refractivity contribution in [1.29, 1.82) is 0 Å². The fourth-order valence-corrected chi connectivity index (χ4v) is 2.11. The normalized spacial score (nSPS) is 10.1. The molecule has 0 bridgehead atoms. The van der Waals surface area contributed by atoms with E-state index in [1.165, 1.54) is 11.3 Å². The van der Waals surface area contributed by atoms with E-state index in [0.717, 1.165) is 15.6 Å². The number of amides is 1. The number of carbonyl (C=O) groups is 1. The number of nitrogens with one attached hydrogen (secondary N) is 1. The van der Waals surface area contributed by atoms with Crippen molar-refractivity contribution in [2.75, 3.05) is 13.1 Å². The molecule has 5 heteroatoms. The molecule has 0 radical (unpaired) electrons. The molecule has 3 N–H and O–H groups in total. The van der Waals surface area contributed by atoms with Crippen LogP contribution in [0.5, 0.6) is 0 Å². The molecule has 14 heavy (non-hydrogen) atoms. The van der Waals surface area contributed by atoms with Gasteiger partial charge >= 0.3 is 0 Å². The summed E-state index contributed by atoms with van der Waals surface area (Å²) in [5.74, 6) is 0.0416. The third-order valence-electron chi connectivity index (χ3n) is 1.69. The first-order valence-corrected chi connectivity index (χ1v) is 5.63. The molecule has 78 valence electrons. The average Bonchev–Trinajstić information content (AvgIpc) is 2.58. The Morgan fingerprint density at radius 3 is 2.93 bits per heavy atom. The van der Waals surface area contributed by atoms with Gasteiger partial charge in [-0.05, 0) is 18.6 Å². The predicted octanol–water partition coefficient (Wildman–Crippen LogP) is 1.41. The van der Waals surface area contributed by atoms with E-state index in [9.17, 15) is 4.79 Å². The highest BCUT2D eigenvalue weighted by molar-refractivity contribution is 7.16. The summed E-state index contributed by atoms with van der Waals surface area (Å²) in [5, 5.41) is 2.72. The summed E-state index contributed by atoms with van der Waals surface area (Å²) in [5.41, 5.74) is 5.26. The highest BCUT2D eigenvalue weighted by Gasteiger charge is 2.02. The van der Waals surface area contributed by atoms with Gasteiger partial charge in [0.05, 0.1) is 4.34 Å². The first-order valence-electron chi connectivity index (χ1n) is 4.43. The molecule has 1 aromatic heterocycles. The zero-order chi connectivity index (χ0) is 10.4. The zero-order valence-corrected chi connectivity index (χ0v) is 9.33. The van der Waals surface area contributed by atoms with Crippen LogP contribution < -0.4 is 11.1 Å². The molecule has 1 rings (SSSR count). The van der Waals surface area contributed by atoms with Gasteiger partial charge in [-0.1, -0.05) is 11.6 Å². The number of carbonyl (C=O) groups excluding carboxylic acids is 1. The lowest BCUT2D eigenvalue weighted by molar-refractivity contribution is -0.120. The van der Waals surface area contributed by atoms with Gasteiger partial charge < -0.3 is 11.1 Å². The van der Waals surface area contributed by atoms with Gasteiger partial charge in [0, 0.05) is 24.4 Å². The van der Waals surface area contributed by atoms with Crippen molar-refractivity contribution in [2.24, 2.45) is 5.73 Å². The summed E-state index contributed by atoms with van der Waals surface area (Å²) < 4.78 is 0.766. The molecule has 1 heterocycles. The minimum Gasteiger partial charge on any atom is -0.355 e. The molecule has 0 aliphatic heterocycles. The van der Waals surface area contributed by atoms with E-state index in [1.54, 1.807) is 0 Å². The van der Waals surface area contributed by atoms with Crippen LogP contribution in [-0.4, -0.2) is 19.0 Å². The third-order valence-corrected chi connectivity index (χ3v) is 2.98. The summed E-state index contributed by atoms with van der Waals surface area (Å²) >= 11 is 7.28. The summed E-state index contributed by atoms with van der Waals surface area (Å²) in [6.07, 6.45) is 1.24. The molecule has 0 aromatic carbocycles. The molecule has 3 nitrogen and oxygen atoms in total. The highest BCUT2D eigenvalue weighted by Crippen LogP contribution is 2.22. The highest BCUT2D eigenvalue weighted by atomic mass is 35.5. The van der Waals surface area contributed by atoms with Crippen molar-refractivity contribution < 1.29 is 4.79 Å². The lowest BCUT2D eigenvalue weighted by atomic mass is 10.2. The summed E-state index contributed by atoms with van der Waals surface area (Å²) in [4.78, 5) is 12.3. The lowest BCUT2D eigenvalue weighted by Crippen LogP contribution is -2.29. The molecule has 0 atom stereocenters. The number of rotatable bonds is 5. The van der Waals surface area contributed by atoms with E-state index in [1.807, 2.05) is 12.1 Å². The van der Waals surface area contributed by atoms with Crippen LogP contribution in [-0.2, 0) is 11.2 Å². The van der Waals surface area contributed by atoms with Gasteiger partial charge in [0.1, 0.15) is 0 Å². The Morgan fingerprint density at radius 2 is 2.36 bits per heavy atom. The van der Waals surface area contributed by atoms with Gasteiger partial charge in [-0.2, -0.15) is 0 Å². The van der Waals surface area contributed by atoms with Crippen LogP contribution in [0.3, 0.4) is 0 Å². The van der Waals surface area contributed by atoms with E-state index in [4.69, 9.17) is 17.3 Å². The van der Waals surface area contributed by atoms with Crippen molar-refractivity contribution >= 4 is 28.8 Å². The fourth-order valence-electron chi connectivity index (χ4n) is 1.02. The lowest BCUT2D eigenvalue weighted by Gasteiger charge is -2.01. The largest absolute Gasteiger partial charge is 0.355 e. The summed E-state index contributed by atoms with van der Waals surface area (Å²) in [6.45, 7) is 1.03. The van der Waals surface area contributed by atoms with Gasteiger partial charge in [0.25, 0.3) is 0 Å². The fraction of sp³-hybridized carbons (Fsp3) is 0.444. The first-order chi connectivity index (χ1) is 6.72. The van der Waals surface area contributed by atoms with Gasteiger partial charge in [0.2, 0.25) is 5.91 Å². The monoisotopic (exact) mass is 232 g/mol. The quantitative estimate of drug-likeness (QED) is 0.807. The molecular formula is C9H13ClN2OS. The molecule has 0 aliphatic carbocycles. The van der Waals surface area contributed by atoms with Crippen molar-refractivity contribution in [1.82, 2.24) is 5.32 Å². The molecule has 0 fully saturated rings. The van der Waals surface area contributed by atoms with Crippen LogP contribution in [0.4, 0.5) is 0 Å². The number of hydrogen-bond acceptors (Lipinski definition) is 3. The van der Waals surface area contributed by atoms with Crippen molar-refractivity contribution in [3.05, 3.63) is 21.3 Å². The Bertz CT molecular complexity index is 301. The smallest absolute Gasteiger partial charge is 0.220 e. The zero-order valence-electron chi connectivity index (χ0n) is 7.75. The number of aryl methyl sites for hydroxylation is 1. The number of nitrogens with two attached hydrogens (primary N) is 1. The molecule has 1 amide bonds. The standard InChI is InChI=1S/C9H13ClN2OS/c10-8-3-1-7(14-8)2-4-9(13)12-6-5-11/h1,3H,2,4-6,11H2,(H,12,13). The maximum atomic E-state index is 11.2. The van der Waals surface area contributed by atoms with Crippen molar-refractivity contribution in [2.45, 2.75) is 12.8 Å². The number of halogens is 1. The number of hydrogen-bond donors (Lipinski definition) is 2. The van der Waals surface area contributed by atoms with Crippen LogP contribution in [0.2, 0.25) is 4.34 Å². The second-order valence-electron chi connectivity index (χ2n) is 2.84. The predicted molar refractivity (Wildman–Crippen MR) is 59.7 cm³/mol. The minimum atomic E-state index is 0.0416. The Kier molecular flexibility index (Phi) is 4.93. The molecule has 0 saturated carbocycles. The Balaban J connectivity index is 2.23.